The quantitative estimate of drug-likeness (QED) is 0.825. The average Bonchev–Trinajstić information content (AvgIpc) is 2.73. The van der Waals surface area contributed by atoms with Crippen molar-refractivity contribution in [2.75, 3.05) is 38.5 Å². The molecule has 1 aromatic carbocycles. The van der Waals surface area contributed by atoms with E-state index in [-0.39, 0.29) is 17.5 Å². The fourth-order valence-corrected chi connectivity index (χ4v) is 3.70. The summed E-state index contributed by atoms with van der Waals surface area (Å²) in [6.07, 6.45) is 2.20. The van der Waals surface area contributed by atoms with E-state index >= 15 is 0 Å². The van der Waals surface area contributed by atoms with Crippen molar-refractivity contribution < 1.29 is 9.59 Å². The van der Waals surface area contributed by atoms with Gasteiger partial charge in [-0.3, -0.25) is 9.69 Å². The molecule has 2 N–H and O–H groups in total. The summed E-state index contributed by atoms with van der Waals surface area (Å²) >= 11 is 0. The second-order valence-electron chi connectivity index (χ2n) is 6.97. The lowest BCUT2D eigenvalue weighted by atomic mass is 9.86. The third kappa shape index (κ3) is 3.53. The van der Waals surface area contributed by atoms with Crippen LogP contribution in [-0.2, 0) is 4.79 Å². The van der Waals surface area contributed by atoms with Crippen LogP contribution in [0.25, 0.3) is 0 Å². The number of benzene rings is 1. The van der Waals surface area contributed by atoms with E-state index < -0.39 is 0 Å². The molecule has 0 radical (unpaired) electrons. The van der Waals surface area contributed by atoms with Gasteiger partial charge in [-0.2, -0.15) is 0 Å². The first-order valence-electron chi connectivity index (χ1n) is 8.59. The maximum absolute atomic E-state index is 12.7. The molecule has 3 rings (SSSR count). The zero-order valence-corrected chi connectivity index (χ0v) is 14.5. The number of urea groups is 1. The first-order chi connectivity index (χ1) is 11.5. The van der Waals surface area contributed by atoms with Gasteiger partial charge in [0.15, 0.2) is 0 Å². The summed E-state index contributed by atoms with van der Waals surface area (Å²) in [7, 11) is 2.10. The molecule has 3 amide bonds. The van der Waals surface area contributed by atoms with E-state index in [2.05, 4.69) is 22.6 Å². The summed E-state index contributed by atoms with van der Waals surface area (Å²) in [6.45, 7) is 4.88. The molecule has 2 aliphatic rings. The van der Waals surface area contributed by atoms with Crippen LogP contribution in [0.3, 0.4) is 0 Å². The van der Waals surface area contributed by atoms with Crippen LogP contribution >= 0.6 is 0 Å². The van der Waals surface area contributed by atoms with Crippen molar-refractivity contribution in [3.8, 4) is 0 Å². The fourth-order valence-electron chi connectivity index (χ4n) is 3.70. The summed E-state index contributed by atoms with van der Waals surface area (Å²) in [4.78, 5) is 28.6. The molecule has 6 nitrogen and oxygen atoms in total. The molecular formula is C18H26N4O2. The number of hydrogen-bond acceptors (Lipinski definition) is 3. The Morgan fingerprint density at radius 3 is 2.92 bits per heavy atom. The normalized spacial score (nSPS) is 25.2. The van der Waals surface area contributed by atoms with Crippen LogP contribution in [0.1, 0.15) is 24.8 Å². The van der Waals surface area contributed by atoms with Crippen molar-refractivity contribution in [2.45, 2.75) is 31.7 Å². The van der Waals surface area contributed by atoms with Crippen LogP contribution < -0.4 is 10.6 Å². The number of nitrogens with zero attached hydrogens (tertiary/aromatic N) is 2. The third-order valence-electron chi connectivity index (χ3n) is 5.29. The van der Waals surface area contributed by atoms with Gasteiger partial charge in [0.1, 0.15) is 0 Å². The number of rotatable bonds is 1. The fraction of sp³-hybridized carbons (Fsp3) is 0.556. The van der Waals surface area contributed by atoms with Crippen LogP contribution in [-0.4, -0.2) is 60.5 Å². The number of hydrogen-bond donors (Lipinski definition) is 2. The van der Waals surface area contributed by atoms with Gasteiger partial charge in [-0.25, -0.2) is 4.79 Å². The molecule has 0 saturated carbocycles. The van der Waals surface area contributed by atoms with Gasteiger partial charge >= 0.3 is 6.03 Å². The molecular weight excluding hydrogens is 304 g/mol. The van der Waals surface area contributed by atoms with Crippen LogP contribution in [0.15, 0.2) is 24.3 Å². The first-order valence-corrected chi connectivity index (χ1v) is 8.59. The molecule has 2 aliphatic heterocycles. The Kier molecular flexibility index (Phi) is 4.76. The Morgan fingerprint density at radius 2 is 2.12 bits per heavy atom. The predicted molar refractivity (Wildman–Crippen MR) is 94.0 cm³/mol. The largest absolute Gasteiger partial charge is 0.356 e. The van der Waals surface area contributed by atoms with E-state index in [1.165, 1.54) is 0 Å². The van der Waals surface area contributed by atoms with Gasteiger partial charge in [-0.05, 0) is 44.5 Å². The number of piperazine rings is 1. The van der Waals surface area contributed by atoms with E-state index in [9.17, 15) is 9.59 Å². The van der Waals surface area contributed by atoms with Crippen LogP contribution in [0, 0.1) is 6.92 Å². The van der Waals surface area contributed by atoms with Gasteiger partial charge in [0.05, 0.1) is 0 Å². The second-order valence-corrected chi connectivity index (χ2v) is 6.97. The Balaban J connectivity index is 1.70. The van der Waals surface area contributed by atoms with Gasteiger partial charge in [0.25, 0.3) is 0 Å². The molecule has 1 aromatic rings. The highest BCUT2D eigenvalue weighted by Crippen LogP contribution is 2.30. The molecule has 0 unspecified atom stereocenters. The minimum atomic E-state index is -0.110. The van der Waals surface area contributed by atoms with Crippen LogP contribution in [0.4, 0.5) is 10.5 Å². The minimum Gasteiger partial charge on any atom is -0.356 e. The Hall–Kier alpha value is -2.08. The third-order valence-corrected chi connectivity index (χ3v) is 5.29. The van der Waals surface area contributed by atoms with Gasteiger partial charge in [-0.1, -0.05) is 12.1 Å². The summed E-state index contributed by atoms with van der Waals surface area (Å²) in [5.74, 6) is 0.113. The molecule has 2 saturated heterocycles. The Bertz CT molecular complexity index is 633. The van der Waals surface area contributed by atoms with E-state index in [0.717, 1.165) is 30.6 Å². The molecule has 0 aliphatic carbocycles. The lowest BCUT2D eigenvalue weighted by Gasteiger charge is -2.49. The van der Waals surface area contributed by atoms with Crippen molar-refractivity contribution in [2.24, 2.45) is 0 Å². The predicted octanol–water partition coefficient (Wildman–Crippen LogP) is 1.81. The highest BCUT2D eigenvalue weighted by Gasteiger charge is 2.42. The molecule has 130 valence electrons. The first kappa shape index (κ1) is 16.8. The Morgan fingerprint density at radius 1 is 1.29 bits per heavy atom. The smallest absolute Gasteiger partial charge is 0.321 e. The molecule has 0 aromatic heterocycles. The zero-order chi connectivity index (χ0) is 17.2. The number of likely N-dealkylation sites (N-methyl/N-ethyl adjacent to an activating group) is 1. The highest BCUT2D eigenvalue weighted by atomic mass is 16.2. The summed E-state index contributed by atoms with van der Waals surface area (Å²) in [5, 5.41) is 5.94. The Labute approximate surface area is 143 Å². The maximum Gasteiger partial charge on any atom is 0.321 e. The van der Waals surface area contributed by atoms with Gasteiger partial charge < -0.3 is 15.5 Å². The SMILES string of the molecule is Cc1cccc(NC(=O)N2CCN(C)[C@]3(CCNC(=O)CC3)C2)c1. The number of carbonyl (C=O) groups is 2. The standard InChI is InChI=1S/C18H26N4O2/c1-14-4-3-5-15(12-14)20-17(24)22-11-10-21(2)18(13-22)7-6-16(23)19-9-8-18/h3-5,12H,6-11,13H2,1-2H3,(H,19,23)(H,20,24)/t18-/m1/s1. The molecule has 24 heavy (non-hydrogen) atoms. The monoisotopic (exact) mass is 330 g/mol. The minimum absolute atomic E-state index is 0.0587. The molecule has 1 atom stereocenters. The zero-order valence-electron chi connectivity index (χ0n) is 14.5. The number of amides is 3. The van der Waals surface area contributed by atoms with Crippen LogP contribution in [0.2, 0.25) is 0 Å². The molecule has 1 spiro atoms. The summed E-state index contributed by atoms with van der Waals surface area (Å²) in [6, 6.07) is 7.77. The van der Waals surface area contributed by atoms with Gasteiger partial charge in [0, 0.05) is 43.8 Å². The van der Waals surface area contributed by atoms with Crippen molar-refractivity contribution >= 4 is 17.6 Å². The topological polar surface area (TPSA) is 64.7 Å². The number of anilines is 1. The van der Waals surface area contributed by atoms with E-state index in [1.807, 2.05) is 36.1 Å². The lowest BCUT2D eigenvalue weighted by molar-refractivity contribution is -0.121. The molecule has 0 bridgehead atoms. The van der Waals surface area contributed by atoms with Crippen LogP contribution in [0.5, 0.6) is 0 Å². The molecule has 6 heteroatoms. The molecule has 2 fully saturated rings. The highest BCUT2D eigenvalue weighted by molar-refractivity contribution is 5.89. The number of nitrogens with one attached hydrogen (secondary N) is 2. The maximum atomic E-state index is 12.7. The number of carbonyl (C=O) groups excluding carboxylic acids is 2. The van der Waals surface area contributed by atoms with Crippen molar-refractivity contribution in [1.82, 2.24) is 15.1 Å². The summed E-state index contributed by atoms with van der Waals surface area (Å²) in [5.41, 5.74) is 1.84. The van der Waals surface area contributed by atoms with Gasteiger partial charge in [0.2, 0.25) is 5.91 Å². The lowest BCUT2D eigenvalue weighted by Crippen LogP contribution is -2.62. The second kappa shape index (κ2) is 6.81. The van der Waals surface area contributed by atoms with E-state index in [0.29, 0.717) is 26.1 Å². The molecule has 2 heterocycles. The van der Waals surface area contributed by atoms with Crippen molar-refractivity contribution in [3.63, 3.8) is 0 Å². The van der Waals surface area contributed by atoms with Crippen molar-refractivity contribution in [3.05, 3.63) is 29.8 Å². The number of aryl methyl sites for hydroxylation is 1. The summed E-state index contributed by atoms with van der Waals surface area (Å²) < 4.78 is 0. The average molecular weight is 330 g/mol. The van der Waals surface area contributed by atoms with E-state index in [4.69, 9.17) is 0 Å². The van der Waals surface area contributed by atoms with Gasteiger partial charge in [-0.15, -0.1) is 0 Å². The van der Waals surface area contributed by atoms with Crippen molar-refractivity contribution in [1.29, 1.82) is 0 Å². The van der Waals surface area contributed by atoms with E-state index in [1.54, 1.807) is 0 Å².